The molecule has 0 aliphatic carbocycles. The van der Waals surface area contributed by atoms with E-state index in [-0.39, 0.29) is 11.0 Å². The van der Waals surface area contributed by atoms with Gasteiger partial charge in [0, 0.05) is 31.3 Å². The average molecular weight is 364 g/mol. The summed E-state index contributed by atoms with van der Waals surface area (Å²) in [5.74, 6) is 0. The second-order valence-corrected chi connectivity index (χ2v) is 8.04. The number of rotatable bonds is 8. The number of aryl methyl sites for hydroxylation is 1. The Morgan fingerprint density at radius 3 is 3.08 bits per heavy atom. The summed E-state index contributed by atoms with van der Waals surface area (Å²) >= 11 is 0. The molecule has 6 nitrogen and oxygen atoms in total. The molecule has 2 aromatic rings. The summed E-state index contributed by atoms with van der Waals surface area (Å²) in [5.41, 5.74) is 1.49. The lowest BCUT2D eigenvalue weighted by Gasteiger charge is -2.11. The first-order chi connectivity index (χ1) is 12.1. The number of nitrogens with one attached hydrogen (secondary N) is 1. The highest BCUT2D eigenvalue weighted by molar-refractivity contribution is 7.89. The summed E-state index contributed by atoms with van der Waals surface area (Å²) in [6.45, 7) is 4.17. The highest BCUT2D eigenvalue weighted by Gasteiger charge is 2.18. The molecule has 3 rings (SSSR count). The van der Waals surface area contributed by atoms with Gasteiger partial charge in [0.15, 0.2) is 0 Å². The highest BCUT2D eigenvalue weighted by atomic mass is 32.2. The molecule has 136 valence electrons. The van der Waals surface area contributed by atoms with E-state index in [4.69, 9.17) is 9.47 Å². The van der Waals surface area contributed by atoms with Crippen molar-refractivity contribution in [3.05, 3.63) is 36.0 Å². The van der Waals surface area contributed by atoms with Crippen LogP contribution < -0.4 is 4.72 Å². The van der Waals surface area contributed by atoms with Crippen LogP contribution in [0, 0.1) is 6.92 Å². The van der Waals surface area contributed by atoms with Crippen LogP contribution in [0.1, 0.15) is 24.8 Å². The van der Waals surface area contributed by atoms with Crippen molar-refractivity contribution in [3.8, 4) is 0 Å². The van der Waals surface area contributed by atoms with Gasteiger partial charge in [0.25, 0.3) is 0 Å². The van der Waals surface area contributed by atoms with E-state index in [0.717, 1.165) is 30.4 Å². The molecule has 1 aromatic heterocycles. The van der Waals surface area contributed by atoms with Crippen LogP contribution in [0.5, 0.6) is 0 Å². The van der Waals surface area contributed by atoms with Gasteiger partial charge in [-0.2, -0.15) is 0 Å². The van der Waals surface area contributed by atoms with Crippen LogP contribution in [-0.4, -0.2) is 45.9 Å². The molecule has 0 radical (unpaired) electrons. The first kappa shape index (κ1) is 18.3. The molecule has 1 aliphatic heterocycles. The van der Waals surface area contributed by atoms with Crippen molar-refractivity contribution in [1.82, 2.24) is 9.71 Å². The largest absolute Gasteiger partial charge is 0.379 e. The molecule has 25 heavy (non-hydrogen) atoms. The van der Waals surface area contributed by atoms with Gasteiger partial charge in [0.1, 0.15) is 4.90 Å². The zero-order valence-corrected chi connectivity index (χ0v) is 15.2. The number of fused-ring (bicyclic) bond motifs is 1. The monoisotopic (exact) mass is 364 g/mol. The fourth-order valence-corrected chi connectivity index (χ4v) is 4.16. The first-order valence-corrected chi connectivity index (χ1v) is 10.1. The van der Waals surface area contributed by atoms with E-state index in [1.807, 2.05) is 19.1 Å². The van der Waals surface area contributed by atoms with Crippen molar-refractivity contribution in [3.63, 3.8) is 0 Å². The number of hydrogen-bond acceptors (Lipinski definition) is 5. The summed E-state index contributed by atoms with van der Waals surface area (Å²) in [6.07, 6.45) is 4.62. The lowest BCUT2D eigenvalue weighted by Crippen LogP contribution is -2.26. The van der Waals surface area contributed by atoms with Crippen LogP contribution in [0.4, 0.5) is 0 Å². The number of nitrogens with zero attached hydrogens (tertiary/aromatic N) is 1. The minimum atomic E-state index is -3.60. The zero-order valence-electron chi connectivity index (χ0n) is 14.4. The number of ether oxygens (including phenoxy) is 2. The highest BCUT2D eigenvalue weighted by Crippen LogP contribution is 2.21. The van der Waals surface area contributed by atoms with E-state index in [1.165, 1.54) is 0 Å². The van der Waals surface area contributed by atoms with E-state index < -0.39 is 10.0 Å². The summed E-state index contributed by atoms with van der Waals surface area (Å²) in [4.78, 5) is 4.50. The molecule has 1 unspecified atom stereocenters. The van der Waals surface area contributed by atoms with E-state index in [1.54, 1.807) is 18.3 Å². The Bertz CT molecular complexity index is 817. The Morgan fingerprint density at radius 1 is 1.40 bits per heavy atom. The maximum absolute atomic E-state index is 12.6. The van der Waals surface area contributed by atoms with Crippen molar-refractivity contribution in [2.45, 2.75) is 37.2 Å². The molecule has 0 spiro atoms. The Labute approximate surface area is 148 Å². The summed E-state index contributed by atoms with van der Waals surface area (Å²) < 4.78 is 38.8. The maximum Gasteiger partial charge on any atom is 0.242 e. The smallest absolute Gasteiger partial charge is 0.242 e. The molecule has 1 aliphatic rings. The number of benzene rings is 1. The van der Waals surface area contributed by atoms with Gasteiger partial charge in [-0.05, 0) is 43.9 Å². The SMILES string of the molecule is Cc1cnc2c(S(=O)(=O)NCCCOCC3CCCO3)cccc2c1. The van der Waals surface area contributed by atoms with Crippen molar-refractivity contribution >= 4 is 20.9 Å². The van der Waals surface area contributed by atoms with Crippen LogP contribution >= 0.6 is 0 Å². The topological polar surface area (TPSA) is 77.5 Å². The average Bonchev–Trinajstić information content (AvgIpc) is 3.10. The van der Waals surface area contributed by atoms with Crippen LogP contribution in [0.2, 0.25) is 0 Å². The number of pyridine rings is 1. The van der Waals surface area contributed by atoms with Gasteiger partial charge in [-0.25, -0.2) is 13.1 Å². The van der Waals surface area contributed by atoms with Crippen molar-refractivity contribution in [1.29, 1.82) is 0 Å². The Balaban J connectivity index is 1.53. The molecule has 1 aromatic carbocycles. The summed E-state index contributed by atoms with van der Waals surface area (Å²) in [5, 5.41) is 0.822. The quantitative estimate of drug-likeness (QED) is 0.728. The van der Waals surface area contributed by atoms with Gasteiger partial charge in [-0.1, -0.05) is 12.1 Å². The standard InChI is InChI=1S/C18H24N2O4S/c1-14-11-15-5-2-7-17(18(15)19-12-14)25(21,22)20-8-4-9-23-13-16-6-3-10-24-16/h2,5,7,11-12,16,20H,3-4,6,8-10,13H2,1H3. The van der Waals surface area contributed by atoms with Crippen LogP contribution in [-0.2, 0) is 19.5 Å². The number of sulfonamides is 1. The molecule has 0 saturated carbocycles. The van der Waals surface area contributed by atoms with Gasteiger partial charge in [0.2, 0.25) is 10.0 Å². The third kappa shape index (κ3) is 4.76. The molecule has 0 bridgehead atoms. The van der Waals surface area contributed by atoms with Gasteiger partial charge in [-0.15, -0.1) is 0 Å². The molecule has 1 N–H and O–H groups in total. The third-order valence-corrected chi connectivity index (χ3v) is 5.68. The van der Waals surface area contributed by atoms with E-state index in [9.17, 15) is 8.42 Å². The molecule has 7 heteroatoms. The van der Waals surface area contributed by atoms with Gasteiger partial charge in [-0.3, -0.25) is 4.98 Å². The molecule has 0 amide bonds. The predicted molar refractivity (Wildman–Crippen MR) is 96.1 cm³/mol. The lowest BCUT2D eigenvalue weighted by molar-refractivity contribution is 0.0169. The second kappa shape index (κ2) is 8.23. The first-order valence-electron chi connectivity index (χ1n) is 8.61. The molecule has 2 heterocycles. The minimum absolute atomic E-state index is 0.196. The maximum atomic E-state index is 12.6. The van der Waals surface area contributed by atoms with Crippen molar-refractivity contribution in [2.75, 3.05) is 26.4 Å². The lowest BCUT2D eigenvalue weighted by atomic mass is 10.2. The van der Waals surface area contributed by atoms with Gasteiger partial charge in [0.05, 0.1) is 18.2 Å². The summed E-state index contributed by atoms with van der Waals surface area (Å²) in [7, 11) is -3.60. The zero-order chi connectivity index (χ0) is 17.7. The second-order valence-electron chi connectivity index (χ2n) is 6.30. The van der Waals surface area contributed by atoms with E-state index >= 15 is 0 Å². The van der Waals surface area contributed by atoms with Crippen molar-refractivity contribution < 1.29 is 17.9 Å². The van der Waals surface area contributed by atoms with Gasteiger partial charge < -0.3 is 9.47 Å². The predicted octanol–water partition coefficient (Wildman–Crippen LogP) is 2.41. The van der Waals surface area contributed by atoms with E-state index in [2.05, 4.69) is 9.71 Å². The Hall–Kier alpha value is -1.54. The Morgan fingerprint density at radius 2 is 2.28 bits per heavy atom. The molecule has 1 atom stereocenters. The minimum Gasteiger partial charge on any atom is -0.379 e. The van der Waals surface area contributed by atoms with Crippen molar-refractivity contribution in [2.24, 2.45) is 0 Å². The van der Waals surface area contributed by atoms with E-state index in [0.29, 0.717) is 31.7 Å². The third-order valence-electron chi connectivity index (χ3n) is 4.19. The molecule has 1 saturated heterocycles. The number of hydrogen-bond donors (Lipinski definition) is 1. The van der Waals surface area contributed by atoms with Crippen LogP contribution in [0.25, 0.3) is 10.9 Å². The summed E-state index contributed by atoms with van der Waals surface area (Å²) in [6, 6.07) is 7.12. The fourth-order valence-electron chi connectivity index (χ4n) is 2.91. The number of aromatic nitrogens is 1. The molecular formula is C18H24N2O4S. The van der Waals surface area contributed by atoms with Crippen LogP contribution in [0.3, 0.4) is 0 Å². The number of para-hydroxylation sites is 1. The Kier molecular flexibility index (Phi) is 6.01. The normalized spacial score (nSPS) is 18.0. The molecule has 1 fully saturated rings. The van der Waals surface area contributed by atoms with Gasteiger partial charge >= 0.3 is 0 Å². The van der Waals surface area contributed by atoms with Crippen LogP contribution in [0.15, 0.2) is 35.4 Å². The fraction of sp³-hybridized carbons (Fsp3) is 0.500. The molecular weight excluding hydrogens is 340 g/mol.